The van der Waals surface area contributed by atoms with E-state index >= 15 is 0 Å². The summed E-state index contributed by atoms with van der Waals surface area (Å²) in [4.78, 5) is 0. The molecule has 8 heteroatoms. The Balaban J connectivity index is 2.01. The van der Waals surface area contributed by atoms with Crippen LogP contribution in [0, 0.1) is 0 Å². The molecule has 0 saturated carbocycles. The first-order chi connectivity index (χ1) is 11.4. The molecule has 0 bridgehead atoms. The number of alkyl halides is 3. The van der Waals surface area contributed by atoms with Crippen molar-refractivity contribution in [3.05, 3.63) is 30.3 Å². The second kappa shape index (κ2) is 5.54. The van der Waals surface area contributed by atoms with Gasteiger partial charge in [-0.3, -0.25) is 0 Å². The topological polar surface area (TPSA) is 53.7 Å². The lowest BCUT2D eigenvalue weighted by molar-refractivity contribution is -0.274. The molecule has 2 N–H and O–H groups in total. The van der Waals surface area contributed by atoms with Crippen LogP contribution in [0.5, 0.6) is 5.75 Å². The van der Waals surface area contributed by atoms with E-state index in [1.807, 2.05) is 33.8 Å². The average molecular weight is 353 g/mol. The number of benzene rings is 2. The molecule has 0 radical (unpaired) electrons. The van der Waals surface area contributed by atoms with Crippen molar-refractivity contribution in [1.82, 2.24) is 0 Å². The Hall–Kier alpha value is -1.93. The number of nitrogen functional groups attached to an aromatic ring is 1. The first kappa shape index (κ1) is 17.9. The third kappa shape index (κ3) is 3.28. The predicted molar refractivity (Wildman–Crippen MR) is 90.8 cm³/mol. The van der Waals surface area contributed by atoms with Crippen LogP contribution in [0.4, 0.5) is 18.9 Å². The highest BCUT2D eigenvalue weighted by Gasteiger charge is 2.51. The summed E-state index contributed by atoms with van der Waals surface area (Å²) in [5.41, 5.74) is 5.47. The maximum atomic E-state index is 12.5. The molecule has 4 nitrogen and oxygen atoms in total. The molecule has 0 aliphatic carbocycles. The van der Waals surface area contributed by atoms with E-state index in [4.69, 9.17) is 15.0 Å². The summed E-state index contributed by atoms with van der Waals surface area (Å²) in [7, 11) is -0.624. The van der Waals surface area contributed by atoms with Gasteiger partial charge in [0.1, 0.15) is 0 Å². The maximum Gasteiger partial charge on any atom is 0.573 e. The van der Waals surface area contributed by atoms with Crippen LogP contribution in [0.2, 0.25) is 0 Å². The SMILES string of the molecule is CC1(C)OB(c2ccc3ccc(OC(F)(F)F)c(N)c3c2)OC1(C)C. The van der Waals surface area contributed by atoms with Crippen LogP contribution in [-0.4, -0.2) is 24.7 Å². The van der Waals surface area contributed by atoms with Gasteiger partial charge in [0.15, 0.2) is 5.75 Å². The van der Waals surface area contributed by atoms with Crippen LogP contribution < -0.4 is 15.9 Å². The standard InChI is InChI=1S/C17H19BF3NO3/c1-15(2)16(3,4)25-18(24-15)11-7-5-10-6-8-13(23-17(19,20)21)14(22)12(10)9-11/h5-9H,22H2,1-4H3. The summed E-state index contributed by atoms with van der Waals surface area (Å²) in [6, 6.07) is 7.99. The highest BCUT2D eigenvalue weighted by atomic mass is 19.4. The van der Waals surface area contributed by atoms with Crippen molar-refractivity contribution in [1.29, 1.82) is 0 Å². The Labute approximate surface area is 144 Å². The molecule has 1 heterocycles. The molecular formula is C17H19BF3NO3. The number of nitrogens with two attached hydrogens (primary N) is 1. The number of fused-ring (bicyclic) bond motifs is 1. The Morgan fingerprint density at radius 3 is 2.12 bits per heavy atom. The fourth-order valence-corrected chi connectivity index (χ4v) is 2.68. The molecule has 1 aliphatic rings. The smallest absolute Gasteiger partial charge is 0.404 e. The van der Waals surface area contributed by atoms with Gasteiger partial charge in [0.05, 0.1) is 16.9 Å². The normalized spacial score (nSPS) is 19.4. The molecule has 0 spiro atoms. The molecule has 0 unspecified atom stereocenters. The Bertz CT molecular complexity index is 805. The van der Waals surface area contributed by atoms with Gasteiger partial charge in [-0.25, -0.2) is 0 Å². The fraction of sp³-hybridized carbons (Fsp3) is 0.412. The van der Waals surface area contributed by atoms with Crippen molar-refractivity contribution >= 4 is 29.0 Å². The number of rotatable bonds is 2. The van der Waals surface area contributed by atoms with Crippen LogP contribution in [0.1, 0.15) is 27.7 Å². The molecule has 3 rings (SSSR count). The summed E-state index contributed by atoms with van der Waals surface area (Å²) in [5, 5.41) is 1.15. The number of hydrogen-bond donors (Lipinski definition) is 1. The lowest BCUT2D eigenvalue weighted by atomic mass is 9.78. The molecule has 25 heavy (non-hydrogen) atoms. The molecule has 1 fully saturated rings. The molecule has 2 aromatic rings. The first-order valence-corrected chi connectivity index (χ1v) is 7.83. The lowest BCUT2D eigenvalue weighted by Gasteiger charge is -2.32. The van der Waals surface area contributed by atoms with Gasteiger partial charge in [-0.05, 0) is 44.6 Å². The summed E-state index contributed by atoms with van der Waals surface area (Å²) in [6.07, 6.45) is -4.80. The van der Waals surface area contributed by atoms with Gasteiger partial charge >= 0.3 is 13.5 Å². The number of halogens is 3. The molecular weight excluding hydrogens is 334 g/mol. The quantitative estimate of drug-likeness (QED) is 0.662. The van der Waals surface area contributed by atoms with Crippen LogP contribution in [0.3, 0.4) is 0 Å². The zero-order valence-corrected chi connectivity index (χ0v) is 14.4. The summed E-state index contributed by atoms with van der Waals surface area (Å²) >= 11 is 0. The van der Waals surface area contributed by atoms with E-state index in [2.05, 4.69) is 4.74 Å². The molecule has 1 saturated heterocycles. The Kier molecular flexibility index (Phi) is 3.96. The van der Waals surface area contributed by atoms with Crippen molar-refractivity contribution in [2.75, 3.05) is 5.73 Å². The van der Waals surface area contributed by atoms with E-state index in [0.717, 1.165) is 0 Å². The number of hydrogen-bond acceptors (Lipinski definition) is 4. The highest BCUT2D eigenvalue weighted by molar-refractivity contribution is 6.62. The predicted octanol–water partition coefficient (Wildman–Crippen LogP) is 3.62. The van der Waals surface area contributed by atoms with Crippen LogP contribution >= 0.6 is 0 Å². The third-order valence-corrected chi connectivity index (χ3v) is 4.80. The second-order valence-electron chi connectivity index (χ2n) is 7.09. The van der Waals surface area contributed by atoms with Crippen molar-refractivity contribution in [2.45, 2.75) is 45.3 Å². The Morgan fingerprint density at radius 2 is 1.56 bits per heavy atom. The monoisotopic (exact) mass is 353 g/mol. The minimum atomic E-state index is -4.80. The molecule has 2 aromatic carbocycles. The van der Waals surface area contributed by atoms with Crippen molar-refractivity contribution in [3.63, 3.8) is 0 Å². The maximum absolute atomic E-state index is 12.5. The minimum Gasteiger partial charge on any atom is -0.404 e. The lowest BCUT2D eigenvalue weighted by Crippen LogP contribution is -2.41. The Morgan fingerprint density at radius 1 is 1.00 bits per heavy atom. The third-order valence-electron chi connectivity index (χ3n) is 4.80. The number of anilines is 1. The van der Waals surface area contributed by atoms with E-state index in [1.54, 1.807) is 12.1 Å². The summed E-state index contributed by atoms with van der Waals surface area (Å²) in [6.45, 7) is 7.71. The van der Waals surface area contributed by atoms with E-state index in [0.29, 0.717) is 16.2 Å². The van der Waals surface area contributed by atoms with Crippen molar-refractivity contribution in [2.24, 2.45) is 0 Å². The average Bonchev–Trinajstić information content (AvgIpc) is 2.69. The first-order valence-electron chi connectivity index (χ1n) is 7.83. The van der Waals surface area contributed by atoms with Crippen LogP contribution in [-0.2, 0) is 9.31 Å². The van der Waals surface area contributed by atoms with E-state index in [1.165, 1.54) is 12.1 Å². The summed E-state index contributed by atoms with van der Waals surface area (Å²) < 4.78 is 53.4. The largest absolute Gasteiger partial charge is 0.573 e. The van der Waals surface area contributed by atoms with Gasteiger partial charge in [0.25, 0.3) is 0 Å². The molecule has 0 atom stereocenters. The van der Waals surface area contributed by atoms with Crippen LogP contribution in [0.25, 0.3) is 10.8 Å². The molecule has 134 valence electrons. The second-order valence-corrected chi connectivity index (χ2v) is 7.09. The van der Waals surface area contributed by atoms with Gasteiger partial charge in [-0.1, -0.05) is 24.3 Å². The van der Waals surface area contributed by atoms with Gasteiger partial charge in [0.2, 0.25) is 0 Å². The van der Waals surface area contributed by atoms with E-state index in [9.17, 15) is 13.2 Å². The molecule has 0 amide bonds. The summed E-state index contributed by atoms with van der Waals surface area (Å²) in [5.74, 6) is -0.425. The fourth-order valence-electron chi connectivity index (χ4n) is 2.68. The molecule has 1 aliphatic heterocycles. The van der Waals surface area contributed by atoms with Crippen molar-refractivity contribution < 1.29 is 27.2 Å². The van der Waals surface area contributed by atoms with E-state index in [-0.39, 0.29) is 5.69 Å². The van der Waals surface area contributed by atoms with Crippen molar-refractivity contribution in [3.8, 4) is 5.75 Å². The number of ether oxygens (including phenoxy) is 1. The van der Waals surface area contributed by atoms with Gasteiger partial charge in [-0.2, -0.15) is 0 Å². The van der Waals surface area contributed by atoms with Gasteiger partial charge < -0.3 is 19.8 Å². The highest BCUT2D eigenvalue weighted by Crippen LogP contribution is 2.37. The molecule has 0 aromatic heterocycles. The van der Waals surface area contributed by atoms with Crippen LogP contribution in [0.15, 0.2) is 30.3 Å². The van der Waals surface area contributed by atoms with E-state index < -0.39 is 30.4 Å². The van der Waals surface area contributed by atoms with Gasteiger partial charge in [-0.15, -0.1) is 13.2 Å². The zero-order chi connectivity index (χ0) is 18.6. The zero-order valence-electron chi connectivity index (χ0n) is 14.4. The van der Waals surface area contributed by atoms with Gasteiger partial charge in [0, 0.05) is 5.39 Å². The minimum absolute atomic E-state index is 0.0757.